The summed E-state index contributed by atoms with van der Waals surface area (Å²) in [5, 5.41) is 12.4. The fourth-order valence-corrected chi connectivity index (χ4v) is 2.46. The van der Waals surface area contributed by atoms with Crippen molar-refractivity contribution in [1.82, 2.24) is 5.32 Å². The van der Waals surface area contributed by atoms with Gasteiger partial charge in [-0.3, -0.25) is 0 Å². The first-order chi connectivity index (χ1) is 9.97. The third kappa shape index (κ3) is 3.92. The van der Waals surface area contributed by atoms with Crippen molar-refractivity contribution in [3.05, 3.63) is 70.3 Å². The highest BCUT2D eigenvalue weighted by molar-refractivity contribution is 5.87. The summed E-state index contributed by atoms with van der Waals surface area (Å²) in [6.07, 6.45) is 0. The molecule has 2 N–H and O–H groups in total. The molecular weight excluding hydrogens is 262 g/mol. The van der Waals surface area contributed by atoms with E-state index in [9.17, 15) is 4.79 Å². The lowest BCUT2D eigenvalue weighted by Gasteiger charge is -2.17. The van der Waals surface area contributed by atoms with Gasteiger partial charge in [0.15, 0.2) is 0 Å². The minimum absolute atomic E-state index is 0.254. The van der Waals surface area contributed by atoms with Crippen molar-refractivity contribution in [3.63, 3.8) is 0 Å². The van der Waals surface area contributed by atoms with Crippen molar-refractivity contribution >= 4 is 5.97 Å². The Morgan fingerprint density at radius 3 is 2.38 bits per heavy atom. The Kier molecular flexibility index (Phi) is 4.76. The van der Waals surface area contributed by atoms with E-state index in [-0.39, 0.29) is 6.04 Å². The van der Waals surface area contributed by atoms with Gasteiger partial charge in [0.05, 0.1) is 5.56 Å². The van der Waals surface area contributed by atoms with Crippen LogP contribution in [0, 0.1) is 13.8 Å². The van der Waals surface area contributed by atoms with Gasteiger partial charge in [-0.15, -0.1) is 0 Å². The van der Waals surface area contributed by atoms with Crippen LogP contribution in [0.1, 0.15) is 45.6 Å². The van der Waals surface area contributed by atoms with E-state index in [0.29, 0.717) is 12.1 Å². The zero-order chi connectivity index (χ0) is 15.4. The summed E-state index contributed by atoms with van der Waals surface area (Å²) < 4.78 is 0. The number of nitrogens with one attached hydrogen (secondary N) is 1. The van der Waals surface area contributed by atoms with E-state index in [0.717, 1.165) is 5.56 Å². The number of hydrogen-bond donors (Lipinski definition) is 2. The largest absolute Gasteiger partial charge is 0.478 e. The predicted molar refractivity (Wildman–Crippen MR) is 84.6 cm³/mol. The van der Waals surface area contributed by atoms with Crippen LogP contribution in [0.4, 0.5) is 0 Å². The lowest BCUT2D eigenvalue weighted by Crippen LogP contribution is -2.19. The smallest absolute Gasteiger partial charge is 0.335 e. The van der Waals surface area contributed by atoms with Crippen LogP contribution in [0.15, 0.2) is 42.5 Å². The molecule has 0 saturated carbocycles. The Morgan fingerprint density at radius 2 is 1.81 bits per heavy atom. The van der Waals surface area contributed by atoms with Crippen LogP contribution in [-0.4, -0.2) is 11.1 Å². The SMILES string of the molecule is Cc1ccc(C(C)NCc2ccc(C(=O)O)cc2)c(C)c1. The maximum absolute atomic E-state index is 10.8. The lowest BCUT2D eigenvalue weighted by atomic mass is 10.00. The molecule has 3 heteroatoms. The number of aryl methyl sites for hydroxylation is 2. The Hall–Kier alpha value is -2.13. The average Bonchev–Trinajstić information content (AvgIpc) is 2.45. The van der Waals surface area contributed by atoms with Crippen molar-refractivity contribution in [2.24, 2.45) is 0 Å². The van der Waals surface area contributed by atoms with E-state index in [4.69, 9.17) is 5.11 Å². The van der Waals surface area contributed by atoms with E-state index < -0.39 is 5.97 Å². The molecular formula is C18H21NO2. The molecule has 2 aromatic rings. The third-order valence-corrected chi connectivity index (χ3v) is 3.71. The number of hydrogen-bond acceptors (Lipinski definition) is 2. The molecule has 0 heterocycles. The highest BCUT2D eigenvalue weighted by Gasteiger charge is 2.08. The number of carbonyl (C=O) groups is 1. The Balaban J connectivity index is 2.00. The molecule has 0 radical (unpaired) electrons. The first kappa shape index (κ1) is 15.3. The molecule has 0 aromatic heterocycles. The molecule has 0 fully saturated rings. The molecule has 0 aliphatic carbocycles. The number of rotatable bonds is 5. The van der Waals surface area contributed by atoms with Crippen LogP contribution in [0.5, 0.6) is 0 Å². The molecule has 1 atom stereocenters. The second-order valence-electron chi connectivity index (χ2n) is 5.46. The molecule has 0 bridgehead atoms. The molecule has 0 aliphatic rings. The summed E-state index contributed by atoms with van der Waals surface area (Å²) in [5.74, 6) is -0.891. The average molecular weight is 283 g/mol. The van der Waals surface area contributed by atoms with Crippen LogP contribution < -0.4 is 5.32 Å². The topological polar surface area (TPSA) is 49.3 Å². The maximum Gasteiger partial charge on any atom is 0.335 e. The zero-order valence-electron chi connectivity index (χ0n) is 12.7. The minimum atomic E-state index is -0.891. The monoisotopic (exact) mass is 283 g/mol. The van der Waals surface area contributed by atoms with Gasteiger partial charge in [0, 0.05) is 12.6 Å². The molecule has 21 heavy (non-hydrogen) atoms. The Bertz CT molecular complexity index is 632. The van der Waals surface area contributed by atoms with Gasteiger partial charge in [-0.05, 0) is 49.6 Å². The predicted octanol–water partition coefficient (Wildman–Crippen LogP) is 3.85. The number of aromatic carboxylic acids is 1. The van der Waals surface area contributed by atoms with Crippen molar-refractivity contribution < 1.29 is 9.90 Å². The van der Waals surface area contributed by atoms with E-state index >= 15 is 0 Å². The van der Waals surface area contributed by atoms with Gasteiger partial charge in [0.1, 0.15) is 0 Å². The molecule has 2 rings (SSSR count). The van der Waals surface area contributed by atoms with E-state index in [1.807, 2.05) is 12.1 Å². The van der Waals surface area contributed by atoms with Crippen LogP contribution in [0.3, 0.4) is 0 Å². The molecule has 2 aromatic carbocycles. The molecule has 1 unspecified atom stereocenters. The Labute approximate surface area is 125 Å². The maximum atomic E-state index is 10.8. The number of benzene rings is 2. The fourth-order valence-electron chi connectivity index (χ4n) is 2.46. The molecule has 0 aliphatic heterocycles. The quantitative estimate of drug-likeness (QED) is 0.876. The van der Waals surface area contributed by atoms with Crippen molar-refractivity contribution in [1.29, 1.82) is 0 Å². The molecule has 0 amide bonds. The van der Waals surface area contributed by atoms with Crippen LogP contribution in [0.25, 0.3) is 0 Å². The number of carboxylic acid groups (broad SMARTS) is 1. The zero-order valence-corrected chi connectivity index (χ0v) is 12.7. The van der Waals surface area contributed by atoms with E-state index in [1.165, 1.54) is 16.7 Å². The lowest BCUT2D eigenvalue weighted by molar-refractivity contribution is 0.0697. The van der Waals surface area contributed by atoms with Crippen LogP contribution in [0.2, 0.25) is 0 Å². The molecule has 0 spiro atoms. The van der Waals surface area contributed by atoms with Gasteiger partial charge < -0.3 is 10.4 Å². The van der Waals surface area contributed by atoms with Crippen LogP contribution >= 0.6 is 0 Å². The highest BCUT2D eigenvalue weighted by atomic mass is 16.4. The second-order valence-corrected chi connectivity index (χ2v) is 5.46. The third-order valence-electron chi connectivity index (χ3n) is 3.71. The minimum Gasteiger partial charge on any atom is -0.478 e. The summed E-state index contributed by atoms with van der Waals surface area (Å²) in [6, 6.07) is 13.7. The first-order valence-corrected chi connectivity index (χ1v) is 7.10. The van der Waals surface area contributed by atoms with E-state index in [2.05, 4.69) is 44.3 Å². The summed E-state index contributed by atoms with van der Waals surface area (Å²) in [4.78, 5) is 10.8. The standard InChI is InChI=1S/C18H21NO2/c1-12-4-9-17(13(2)10-12)14(3)19-11-15-5-7-16(8-6-15)18(20)21/h4-10,14,19H,11H2,1-3H3,(H,20,21). The number of carboxylic acids is 1. The summed E-state index contributed by atoms with van der Waals surface area (Å²) in [5.41, 5.74) is 5.25. The van der Waals surface area contributed by atoms with Crippen molar-refractivity contribution in [2.45, 2.75) is 33.4 Å². The van der Waals surface area contributed by atoms with Gasteiger partial charge in [-0.25, -0.2) is 4.79 Å². The summed E-state index contributed by atoms with van der Waals surface area (Å²) in [6.45, 7) is 7.08. The fraction of sp³-hybridized carbons (Fsp3) is 0.278. The van der Waals surface area contributed by atoms with Gasteiger partial charge in [0.2, 0.25) is 0 Å². The van der Waals surface area contributed by atoms with Gasteiger partial charge >= 0.3 is 5.97 Å². The van der Waals surface area contributed by atoms with E-state index in [1.54, 1.807) is 12.1 Å². The van der Waals surface area contributed by atoms with Gasteiger partial charge in [-0.2, -0.15) is 0 Å². The van der Waals surface area contributed by atoms with Gasteiger partial charge in [0.25, 0.3) is 0 Å². The van der Waals surface area contributed by atoms with Gasteiger partial charge in [-0.1, -0.05) is 35.9 Å². The van der Waals surface area contributed by atoms with Crippen molar-refractivity contribution in [3.8, 4) is 0 Å². The molecule has 3 nitrogen and oxygen atoms in total. The Morgan fingerprint density at radius 1 is 1.14 bits per heavy atom. The second kappa shape index (κ2) is 6.55. The molecule has 0 saturated heterocycles. The highest BCUT2D eigenvalue weighted by Crippen LogP contribution is 2.19. The summed E-state index contributed by atoms with van der Waals surface area (Å²) >= 11 is 0. The first-order valence-electron chi connectivity index (χ1n) is 7.10. The summed E-state index contributed by atoms with van der Waals surface area (Å²) in [7, 11) is 0. The van der Waals surface area contributed by atoms with Crippen LogP contribution in [-0.2, 0) is 6.54 Å². The molecule has 110 valence electrons. The van der Waals surface area contributed by atoms with Crippen molar-refractivity contribution in [2.75, 3.05) is 0 Å². The normalized spacial score (nSPS) is 12.1.